The van der Waals surface area contributed by atoms with E-state index in [1.54, 1.807) is 7.11 Å². The van der Waals surface area contributed by atoms with Crippen LogP contribution in [0.15, 0.2) is 41.5 Å². The first-order chi connectivity index (χ1) is 13.2. The van der Waals surface area contributed by atoms with Gasteiger partial charge in [-0.15, -0.1) is 0 Å². The molecule has 27 heavy (non-hydrogen) atoms. The smallest absolute Gasteiger partial charge is 0.171 e. The zero-order chi connectivity index (χ0) is 18.8. The molecule has 0 radical (unpaired) electrons. The van der Waals surface area contributed by atoms with Crippen molar-refractivity contribution in [1.29, 1.82) is 0 Å². The number of benzene rings is 1. The maximum atomic E-state index is 5.66. The third kappa shape index (κ3) is 3.56. The van der Waals surface area contributed by atoms with E-state index < -0.39 is 0 Å². The molecule has 6 heteroatoms. The number of ether oxygens (including phenoxy) is 1. The molecule has 4 rings (SSSR count). The summed E-state index contributed by atoms with van der Waals surface area (Å²) in [5, 5.41) is 4.42. The largest absolute Gasteiger partial charge is 0.495 e. The summed E-state index contributed by atoms with van der Waals surface area (Å²) < 4.78 is 7.61. The number of oxime groups is 1. The van der Waals surface area contributed by atoms with Gasteiger partial charge < -0.3 is 19.0 Å². The average molecular weight is 366 g/mol. The van der Waals surface area contributed by atoms with Crippen molar-refractivity contribution < 1.29 is 9.57 Å². The van der Waals surface area contributed by atoms with Crippen molar-refractivity contribution in [3.05, 3.63) is 47.6 Å². The highest BCUT2D eigenvalue weighted by molar-refractivity contribution is 6.02. The summed E-state index contributed by atoms with van der Waals surface area (Å²) in [6.45, 7) is 6.10. The summed E-state index contributed by atoms with van der Waals surface area (Å²) in [5.41, 5.74) is 4.29. The third-order valence-corrected chi connectivity index (χ3v) is 5.16. The van der Waals surface area contributed by atoms with Gasteiger partial charge in [0, 0.05) is 12.7 Å². The lowest BCUT2D eigenvalue weighted by Gasteiger charge is -2.36. The summed E-state index contributed by atoms with van der Waals surface area (Å²) in [6, 6.07) is 6.24. The van der Waals surface area contributed by atoms with Gasteiger partial charge in [-0.3, -0.25) is 0 Å². The van der Waals surface area contributed by atoms with Gasteiger partial charge in [0.05, 0.1) is 31.4 Å². The second kappa shape index (κ2) is 7.47. The molecule has 1 aromatic carbocycles. The van der Waals surface area contributed by atoms with E-state index >= 15 is 0 Å². The van der Waals surface area contributed by atoms with E-state index in [-0.39, 0.29) is 6.10 Å². The van der Waals surface area contributed by atoms with E-state index in [2.05, 4.69) is 46.2 Å². The van der Waals surface area contributed by atoms with Crippen molar-refractivity contribution in [1.82, 2.24) is 14.5 Å². The molecule has 1 saturated heterocycles. The molecule has 142 valence electrons. The van der Waals surface area contributed by atoms with E-state index in [9.17, 15) is 0 Å². The van der Waals surface area contributed by atoms with E-state index in [4.69, 9.17) is 9.57 Å². The standard InChI is InChI=1S/C21H26N4O2/c1-4-18-13-24-9-5-6-17(21(24)23-27-18)10-16-7-8-19(20(11-16)26-3)25-12-15(2)22-14-25/h7-8,10-12,14,18H,4-6,9,13H2,1-3H3/b17-10+. The van der Waals surface area contributed by atoms with Crippen LogP contribution < -0.4 is 4.74 Å². The molecule has 3 heterocycles. The molecule has 0 aliphatic carbocycles. The minimum atomic E-state index is 0.200. The fourth-order valence-electron chi connectivity index (χ4n) is 3.67. The first-order valence-corrected chi connectivity index (χ1v) is 9.56. The number of aromatic nitrogens is 2. The Bertz CT molecular complexity index is 884. The first kappa shape index (κ1) is 17.6. The van der Waals surface area contributed by atoms with Crippen LogP contribution in [0.1, 0.15) is 37.4 Å². The minimum absolute atomic E-state index is 0.200. The summed E-state index contributed by atoms with van der Waals surface area (Å²) in [5.74, 6) is 1.81. The zero-order valence-electron chi connectivity index (χ0n) is 16.2. The Balaban J connectivity index is 1.64. The molecule has 1 aromatic heterocycles. The highest BCUT2D eigenvalue weighted by Crippen LogP contribution is 2.29. The molecule has 2 aliphatic rings. The second-order valence-electron chi connectivity index (χ2n) is 7.12. The van der Waals surface area contributed by atoms with Crippen molar-refractivity contribution in [2.45, 2.75) is 39.2 Å². The van der Waals surface area contributed by atoms with Crippen LogP contribution in [0.3, 0.4) is 0 Å². The monoisotopic (exact) mass is 366 g/mol. The Morgan fingerprint density at radius 2 is 2.26 bits per heavy atom. The predicted octanol–water partition coefficient (Wildman–Crippen LogP) is 3.79. The van der Waals surface area contributed by atoms with Crippen LogP contribution in [0.5, 0.6) is 5.75 Å². The van der Waals surface area contributed by atoms with Crippen LogP contribution in [0.2, 0.25) is 0 Å². The molecule has 0 bridgehead atoms. The van der Waals surface area contributed by atoms with E-state index in [1.165, 1.54) is 5.57 Å². The lowest BCUT2D eigenvalue weighted by molar-refractivity contribution is 0.0176. The van der Waals surface area contributed by atoms with Gasteiger partial charge in [-0.2, -0.15) is 0 Å². The SMILES string of the molecule is CCC1CN2CCC/C(=C\c3ccc(-n4cnc(C)c4)c(OC)c3)C2=NO1. The van der Waals surface area contributed by atoms with Gasteiger partial charge in [-0.05, 0) is 55.5 Å². The highest BCUT2D eigenvalue weighted by atomic mass is 16.6. The maximum Gasteiger partial charge on any atom is 0.171 e. The predicted molar refractivity (Wildman–Crippen MR) is 106 cm³/mol. The quantitative estimate of drug-likeness (QED) is 0.826. The Morgan fingerprint density at radius 1 is 1.37 bits per heavy atom. The fraction of sp³-hybridized carbons (Fsp3) is 0.429. The van der Waals surface area contributed by atoms with Gasteiger partial charge >= 0.3 is 0 Å². The summed E-state index contributed by atoms with van der Waals surface area (Å²) >= 11 is 0. The summed E-state index contributed by atoms with van der Waals surface area (Å²) in [6.07, 6.45) is 9.34. The number of hydrogen-bond donors (Lipinski definition) is 0. The summed E-state index contributed by atoms with van der Waals surface area (Å²) in [7, 11) is 1.70. The third-order valence-electron chi connectivity index (χ3n) is 5.16. The zero-order valence-corrected chi connectivity index (χ0v) is 16.2. The van der Waals surface area contributed by atoms with Gasteiger partial charge in [0.2, 0.25) is 0 Å². The normalized spacial score (nSPS) is 20.9. The number of imidazole rings is 1. The Labute approximate surface area is 160 Å². The molecule has 2 aromatic rings. The lowest BCUT2D eigenvalue weighted by atomic mass is 9.99. The molecule has 1 atom stereocenters. The van der Waals surface area contributed by atoms with Crippen molar-refractivity contribution >= 4 is 11.9 Å². The second-order valence-corrected chi connectivity index (χ2v) is 7.12. The van der Waals surface area contributed by atoms with Gasteiger partial charge in [0.15, 0.2) is 5.84 Å². The van der Waals surface area contributed by atoms with Crippen molar-refractivity contribution in [3.63, 3.8) is 0 Å². The number of aryl methyl sites for hydroxylation is 1. The van der Waals surface area contributed by atoms with Crippen molar-refractivity contribution in [3.8, 4) is 11.4 Å². The van der Waals surface area contributed by atoms with Crippen molar-refractivity contribution in [2.24, 2.45) is 5.16 Å². The van der Waals surface area contributed by atoms with Gasteiger partial charge in [0.25, 0.3) is 0 Å². The molecule has 1 fully saturated rings. The number of hydrogen-bond acceptors (Lipinski definition) is 5. The van der Waals surface area contributed by atoms with Crippen LogP contribution >= 0.6 is 0 Å². The van der Waals surface area contributed by atoms with Crippen LogP contribution in [0, 0.1) is 6.92 Å². The minimum Gasteiger partial charge on any atom is -0.495 e. The molecule has 6 nitrogen and oxygen atoms in total. The molecule has 0 saturated carbocycles. The number of methoxy groups -OCH3 is 1. The molecular weight excluding hydrogens is 340 g/mol. The van der Waals surface area contributed by atoms with Crippen LogP contribution in [-0.2, 0) is 4.84 Å². The average Bonchev–Trinajstić information content (AvgIpc) is 3.13. The Morgan fingerprint density at radius 3 is 3.00 bits per heavy atom. The molecule has 2 aliphatic heterocycles. The van der Waals surface area contributed by atoms with E-state index in [1.807, 2.05) is 24.0 Å². The topological polar surface area (TPSA) is 51.9 Å². The molecule has 0 N–H and O–H groups in total. The van der Waals surface area contributed by atoms with Crippen LogP contribution in [0.4, 0.5) is 0 Å². The molecule has 0 spiro atoms. The van der Waals surface area contributed by atoms with Crippen LogP contribution in [0.25, 0.3) is 11.8 Å². The molecule has 0 amide bonds. The number of nitrogens with zero attached hydrogens (tertiary/aromatic N) is 4. The van der Waals surface area contributed by atoms with E-state index in [0.29, 0.717) is 0 Å². The highest BCUT2D eigenvalue weighted by Gasteiger charge is 2.28. The lowest BCUT2D eigenvalue weighted by Crippen LogP contribution is -2.45. The molecule has 1 unspecified atom stereocenters. The molecular formula is C21H26N4O2. The van der Waals surface area contributed by atoms with E-state index in [0.717, 1.165) is 60.9 Å². The first-order valence-electron chi connectivity index (χ1n) is 9.56. The number of rotatable bonds is 4. The maximum absolute atomic E-state index is 5.66. The Kier molecular flexibility index (Phi) is 4.88. The van der Waals surface area contributed by atoms with Gasteiger partial charge in [-0.1, -0.05) is 18.1 Å². The van der Waals surface area contributed by atoms with Gasteiger partial charge in [0.1, 0.15) is 11.9 Å². The number of amidine groups is 1. The van der Waals surface area contributed by atoms with Gasteiger partial charge in [-0.25, -0.2) is 4.98 Å². The number of piperidine rings is 1. The number of fused-ring (bicyclic) bond motifs is 1. The fourth-order valence-corrected chi connectivity index (χ4v) is 3.67. The van der Waals surface area contributed by atoms with Crippen LogP contribution in [-0.4, -0.2) is 46.6 Å². The van der Waals surface area contributed by atoms with Crippen molar-refractivity contribution in [2.75, 3.05) is 20.2 Å². The Hall–Kier alpha value is -2.76. The summed E-state index contributed by atoms with van der Waals surface area (Å²) in [4.78, 5) is 12.3.